The van der Waals surface area contributed by atoms with E-state index in [4.69, 9.17) is 4.74 Å². The number of benzene rings is 1. The van der Waals surface area contributed by atoms with Crippen LogP contribution in [0.15, 0.2) is 24.3 Å². The van der Waals surface area contributed by atoms with E-state index >= 15 is 0 Å². The molecule has 1 aliphatic heterocycles. The van der Waals surface area contributed by atoms with Gasteiger partial charge in [0.2, 0.25) is 0 Å². The Bertz CT molecular complexity index is 549. The fraction of sp³-hybridized carbons (Fsp3) is 0.588. The molecule has 1 N–H and O–H groups in total. The van der Waals surface area contributed by atoms with Crippen LogP contribution in [0.5, 0.6) is 5.75 Å². The van der Waals surface area contributed by atoms with E-state index in [1.807, 2.05) is 6.92 Å². The highest BCUT2D eigenvalue weighted by Gasteiger charge is 2.31. The van der Waals surface area contributed by atoms with Crippen molar-refractivity contribution in [1.29, 1.82) is 0 Å². The maximum Gasteiger partial charge on any atom is 0.416 e. The molecule has 1 fully saturated rings. The zero-order valence-corrected chi connectivity index (χ0v) is 15.0. The summed E-state index contributed by atoms with van der Waals surface area (Å²) in [6.07, 6.45) is -1.82. The number of ether oxygens (including phenoxy) is 1. The lowest BCUT2D eigenvalue weighted by atomic mass is 10.0. The van der Waals surface area contributed by atoms with Gasteiger partial charge in [0.25, 0.3) is 5.91 Å². The van der Waals surface area contributed by atoms with Crippen LogP contribution < -0.4 is 10.1 Å². The van der Waals surface area contributed by atoms with E-state index in [9.17, 15) is 18.0 Å². The minimum atomic E-state index is -4.42. The molecule has 1 heterocycles. The van der Waals surface area contributed by atoms with E-state index in [2.05, 4.69) is 5.32 Å². The molecule has 1 amide bonds. The molecule has 8 heteroatoms. The maximum atomic E-state index is 12.7. The summed E-state index contributed by atoms with van der Waals surface area (Å²) in [5, 5.41) is 3.25. The first-order valence-corrected chi connectivity index (χ1v) is 8.22. The van der Waals surface area contributed by atoms with Gasteiger partial charge in [-0.3, -0.25) is 4.79 Å². The monoisotopic (exact) mass is 380 g/mol. The van der Waals surface area contributed by atoms with E-state index < -0.39 is 11.7 Å². The van der Waals surface area contributed by atoms with Crippen molar-refractivity contribution < 1.29 is 22.7 Å². The lowest BCUT2D eigenvalue weighted by Crippen LogP contribution is -2.48. The summed E-state index contributed by atoms with van der Waals surface area (Å²) < 4.78 is 43.4. The van der Waals surface area contributed by atoms with Gasteiger partial charge in [-0.1, -0.05) is 13.0 Å². The quantitative estimate of drug-likeness (QED) is 0.821. The van der Waals surface area contributed by atoms with Crippen molar-refractivity contribution in [3.05, 3.63) is 29.8 Å². The summed E-state index contributed by atoms with van der Waals surface area (Å²) in [5.74, 6) is -0.124. The van der Waals surface area contributed by atoms with Crippen molar-refractivity contribution in [3.8, 4) is 5.75 Å². The molecule has 0 bridgehead atoms. The van der Waals surface area contributed by atoms with Gasteiger partial charge >= 0.3 is 6.18 Å². The third kappa shape index (κ3) is 6.40. The second-order valence-corrected chi connectivity index (χ2v) is 5.88. The molecule has 0 saturated carbocycles. The molecule has 2 rings (SSSR count). The number of amides is 1. The number of piperidine rings is 1. The molecule has 0 radical (unpaired) electrons. The zero-order chi connectivity index (χ0) is 17.6. The Morgan fingerprint density at radius 1 is 1.32 bits per heavy atom. The summed E-state index contributed by atoms with van der Waals surface area (Å²) in [7, 11) is 0. The van der Waals surface area contributed by atoms with Crippen molar-refractivity contribution in [2.75, 3.05) is 26.2 Å². The third-order valence-electron chi connectivity index (χ3n) is 4.06. The van der Waals surface area contributed by atoms with Crippen LogP contribution >= 0.6 is 12.4 Å². The van der Waals surface area contributed by atoms with Gasteiger partial charge in [-0.15, -0.1) is 12.4 Å². The molecule has 25 heavy (non-hydrogen) atoms. The first kappa shape index (κ1) is 21.6. The predicted octanol–water partition coefficient (Wildman–Crippen LogP) is 3.50. The van der Waals surface area contributed by atoms with Crippen molar-refractivity contribution in [1.82, 2.24) is 10.2 Å². The van der Waals surface area contributed by atoms with E-state index in [1.165, 1.54) is 12.1 Å². The Hall–Kier alpha value is -1.47. The fourth-order valence-corrected chi connectivity index (χ4v) is 2.86. The molecule has 0 aliphatic carbocycles. The molecule has 0 spiro atoms. The fourth-order valence-electron chi connectivity index (χ4n) is 2.86. The van der Waals surface area contributed by atoms with Crippen molar-refractivity contribution in [2.45, 2.75) is 38.4 Å². The number of alkyl halides is 3. The zero-order valence-electron chi connectivity index (χ0n) is 14.1. The van der Waals surface area contributed by atoms with Gasteiger partial charge in [0.15, 0.2) is 6.61 Å². The number of nitrogens with zero attached hydrogens (tertiary/aromatic N) is 1. The summed E-state index contributed by atoms with van der Waals surface area (Å²) in [5.41, 5.74) is -0.781. The Morgan fingerprint density at radius 2 is 2.00 bits per heavy atom. The summed E-state index contributed by atoms with van der Waals surface area (Å²) >= 11 is 0. The minimum absolute atomic E-state index is 0. The molecular weight excluding hydrogens is 357 g/mol. The largest absolute Gasteiger partial charge is 0.484 e. The molecule has 0 atom stereocenters. The van der Waals surface area contributed by atoms with E-state index in [1.54, 1.807) is 4.90 Å². The number of nitrogens with one attached hydrogen (secondary N) is 1. The molecule has 0 aromatic heterocycles. The molecule has 1 aromatic carbocycles. The van der Waals surface area contributed by atoms with Crippen LogP contribution in [0.1, 0.15) is 31.7 Å². The van der Waals surface area contributed by atoms with Crippen LogP contribution in [-0.4, -0.2) is 43.1 Å². The Kier molecular flexibility index (Phi) is 8.52. The standard InChI is InChI=1S/C17H23F3N2O2.ClH/c1-2-10-22(14-6-8-21-9-7-14)16(23)12-24-15-5-3-4-13(11-15)17(18,19)20;/h3-5,11,14,21H,2,6-10,12H2,1H3;1H. The SMILES string of the molecule is CCCN(C(=O)COc1cccc(C(F)(F)F)c1)C1CCNCC1.Cl. The lowest BCUT2D eigenvalue weighted by Gasteiger charge is -2.34. The normalized spacial score (nSPS) is 15.4. The number of hydrogen-bond acceptors (Lipinski definition) is 3. The molecule has 4 nitrogen and oxygen atoms in total. The van der Waals surface area contributed by atoms with Gasteiger partial charge < -0.3 is 15.0 Å². The predicted molar refractivity (Wildman–Crippen MR) is 92.1 cm³/mol. The van der Waals surface area contributed by atoms with Crippen LogP contribution in [0.2, 0.25) is 0 Å². The second-order valence-electron chi connectivity index (χ2n) is 5.88. The number of halogens is 4. The topological polar surface area (TPSA) is 41.6 Å². The molecule has 1 aromatic rings. The van der Waals surface area contributed by atoms with Crippen LogP contribution in [0.3, 0.4) is 0 Å². The molecule has 142 valence electrons. The smallest absolute Gasteiger partial charge is 0.416 e. The second kappa shape index (κ2) is 9.87. The van der Waals surface area contributed by atoms with E-state index in [-0.39, 0.29) is 36.7 Å². The van der Waals surface area contributed by atoms with Gasteiger partial charge in [0.05, 0.1) is 5.56 Å². The van der Waals surface area contributed by atoms with Crippen molar-refractivity contribution in [2.24, 2.45) is 0 Å². The Balaban J connectivity index is 0.00000312. The van der Waals surface area contributed by atoms with Crippen molar-refractivity contribution >= 4 is 18.3 Å². The van der Waals surface area contributed by atoms with E-state index in [0.29, 0.717) is 6.54 Å². The molecule has 1 saturated heterocycles. The lowest BCUT2D eigenvalue weighted by molar-refractivity contribution is -0.137. The summed E-state index contributed by atoms with van der Waals surface area (Å²) in [4.78, 5) is 14.2. The maximum absolute atomic E-state index is 12.7. The summed E-state index contributed by atoms with van der Waals surface area (Å²) in [6, 6.07) is 4.77. The van der Waals surface area contributed by atoms with Crippen LogP contribution in [0, 0.1) is 0 Å². The van der Waals surface area contributed by atoms with Crippen LogP contribution in [0.25, 0.3) is 0 Å². The van der Waals surface area contributed by atoms with E-state index in [0.717, 1.165) is 44.5 Å². The number of rotatable bonds is 6. The van der Waals surface area contributed by atoms with Gasteiger partial charge in [-0.05, 0) is 50.6 Å². The summed E-state index contributed by atoms with van der Waals surface area (Å²) in [6.45, 7) is 4.12. The van der Waals surface area contributed by atoms with Gasteiger partial charge in [0, 0.05) is 12.6 Å². The van der Waals surface area contributed by atoms with Crippen molar-refractivity contribution in [3.63, 3.8) is 0 Å². The average Bonchev–Trinajstić information content (AvgIpc) is 2.58. The number of hydrogen-bond donors (Lipinski definition) is 1. The third-order valence-corrected chi connectivity index (χ3v) is 4.06. The molecule has 1 aliphatic rings. The molecule has 0 unspecified atom stereocenters. The molecular formula is C17H24ClF3N2O2. The highest BCUT2D eigenvalue weighted by atomic mass is 35.5. The van der Waals surface area contributed by atoms with Crippen LogP contribution in [-0.2, 0) is 11.0 Å². The first-order valence-electron chi connectivity index (χ1n) is 8.22. The van der Waals surface area contributed by atoms with Crippen LogP contribution in [0.4, 0.5) is 13.2 Å². The minimum Gasteiger partial charge on any atom is -0.484 e. The first-order chi connectivity index (χ1) is 11.4. The van der Waals surface area contributed by atoms with Gasteiger partial charge in [-0.2, -0.15) is 13.2 Å². The Labute approximate surface area is 152 Å². The highest BCUT2D eigenvalue weighted by molar-refractivity contribution is 5.85. The Morgan fingerprint density at radius 3 is 2.60 bits per heavy atom. The average molecular weight is 381 g/mol. The highest BCUT2D eigenvalue weighted by Crippen LogP contribution is 2.31. The number of carbonyl (C=O) groups excluding carboxylic acids is 1. The number of carbonyl (C=O) groups is 1. The van der Waals surface area contributed by atoms with Gasteiger partial charge in [0.1, 0.15) is 5.75 Å². The van der Waals surface area contributed by atoms with Gasteiger partial charge in [-0.25, -0.2) is 0 Å².